The summed E-state index contributed by atoms with van der Waals surface area (Å²) in [5, 5.41) is 7.73. The monoisotopic (exact) mass is 433 g/mol. The fraction of sp³-hybridized carbons (Fsp3) is 0.400. The number of rotatable bonds is 6. The maximum Gasteiger partial charge on any atom is 0.323 e. The molecule has 1 fully saturated rings. The highest BCUT2D eigenvalue weighted by Gasteiger charge is 2.23. The van der Waals surface area contributed by atoms with E-state index in [1.54, 1.807) is 27.3 Å². The van der Waals surface area contributed by atoms with Gasteiger partial charge in [-0.2, -0.15) is 0 Å². The summed E-state index contributed by atoms with van der Waals surface area (Å²) >= 11 is 1.26. The standard InChI is InChI=1S/C20H24FN5O3S/c1-14(27)25-8-10-26(11-9-25)20(29)24-19-23-17(13-30-19)12-18(28)22-7-6-15-2-4-16(21)5-3-15/h2-5,13H,6-12H2,1H3,(H,22,28)(H,23,24,29). The molecule has 8 nitrogen and oxygen atoms in total. The van der Waals surface area contributed by atoms with Crippen molar-refractivity contribution in [2.45, 2.75) is 19.8 Å². The zero-order valence-electron chi connectivity index (χ0n) is 16.7. The summed E-state index contributed by atoms with van der Waals surface area (Å²) in [6.07, 6.45) is 0.731. The van der Waals surface area contributed by atoms with Gasteiger partial charge in [0.05, 0.1) is 12.1 Å². The third-order valence-electron chi connectivity index (χ3n) is 4.77. The Morgan fingerprint density at radius 2 is 1.77 bits per heavy atom. The molecular weight excluding hydrogens is 409 g/mol. The number of piperazine rings is 1. The van der Waals surface area contributed by atoms with E-state index < -0.39 is 0 Å². The Morgan fingerprint density at radius 1 is 1.10 bits per heavy atom. The number of nitrogens with zero attached hydrogens (tertiary/aromatic N) is 3. The number of halogens is 1. The third-order valence-corrected chi connectivity index (χ3v) is 5.58. The maximum atomic E-state index is 12.9. The van der Waals surface area contributed by atoms with Crippen LogP contribution in [0.5, 0.6) is 0 Å². The minimum atomic E-state index is -0.285. The fourth-order valence-corrected chi connectivity index (χ4v) is 3.76. The molecule has 1 aromatic heterocycles. The van der Waals surface area contributed by atoms with E-state index in [0.717, 1.165) is 5.56 Å². The van der Waals surface area contributed by atoms with Gasteiger partial charge in [-0.25, -0.2) is 14.2 Å². The number of benzene rings is 1. The largest absolute Gasteiger partial charge is 0.355 e. The first-order chi connectivity index (χ1) is 14.4. The molecule has 2 heterocycles. The molecule has 4 amide bonds. The van der Waals surface area contributed by atoms with Crippen molar-refractivity contribution in [3.05, 3.63) is 46.7 Å². The number of hydrogen-bond donors (Lipinski definition) is 2. The molecule has 0 unspecified atom stereocenters. The van der Waals surface area contributed by atoms with Crippen molar-refractivity contribution in [1.29, 1.82) is 0 Å². The van der Waals surface area contributed by atoms with Gasteiger partial charge in [0.1, 0.15) is 5.82 Å². The number of carbonyl (C=O) groups excluding carboxylic acids is 3. The Kier molecular flexibility index (Phi) is 7.34. The number of aromatic nitrogens is 1. The SMILES string of the molecule is CC(=O)N1CCN(C(=O)Nc2nc(CC(=O)NCCc3ccc(F)cc3)cs2)CC1. The smallest absolute Gasteiger partial charge is 0.323 e. The van der Waals surface area contributed by atoms with Crippen molar-refractivity contribution in [2.24, 2.45) is 0 Å². The molecule has 0 bridgehead atoms. The lowest BCUT2D eigenvalue weighted by Gasteiger charge is -2.33. The molecule has 0 spiro atoms. The molecule has 160 valence electrons. The van der Waals surface area contributed by atoms with Crippen molar-refractivity contribution in [3.8, 4) is 0 Å². The number of hydrogen-bond acceptors (Lipinski definition) is 5. The molecule has 1 saturated heterocycles. The van der Waals surface area contributed by atoms with Gasteiger partial charge in [-0.1, -0.05) is 12.1 Å². The number of urea groups is 1. The van der Waals surface area contributed by atoms with Crippen LogP contribution in [0.2, 0.25) is 0 Å². The van der Waals surface area contributed by atoms with Crippen molar-refractivity contribution < 1.29 is 18.8 Å². The highest BCUT2D eigenvalue weighted by molar-refractivity contribution is 7.13. The van der Waals surface area contributed by atoms with E-state index in [0.29, 0.717) is 50.0 Å². The minimum Gasteiger partial charge on any atom is -0.355 e. The highest BCUT2D eigenvalue weighted by atomic mass is 32.1. The molecule has 30 heavy (non-hydrogen) atoms. The second-order valence-corrected chi connectivity index (χ2v) is 7.83. The summed E-state index contributed by atoms with van der Waals surface area (Å²) in [6.45, 7) is 3.95. The first-order valence-corrected chi connectivity index (χ1v) is 10.6. The first kappa shape index (κ1) is 21.7. The van der Waals surface area contributed by atoms with E-state index in [1.807, 2.05) is 0 Å². The summed E-state index contributed by atoms with van der Waals surface area (Å²) < 4.78 is 12.9. The Balaban J connectivity index is 1.40. The van der Waals surface area contributed by atoms with Gasteiger partial charge in [0.15, 0.2) is 5.13 Å². The van der Waals surface area contributed by atoms with Crippen molar-refractivity contribution in [2.75, 3.05) is 38.0 Å². The Morgan fingerprint density at radius 3 is 2.43 bits per heavy atom. The van der Waals surface area contributed by atoms with E-state index in [2.05, 4.69) is 15.6 Å². The molecule has 3 rings (SSSR count). The molecule has 1 aliphatic heterocycles. The summed E-state index contributed by atoms with van der Waals surface area (Å²) in [4.78, 5) is 43.4. The van der Waals surface area contributed by atoms with Crippen LogP contribution in [-0.4, -0.2) is 65.4 Å². The van der Waals surface area contributed by atoms with Crippen LogP contribution in [0.3, 0.4) is 0 Å². The summed E-state index contributed by atoms with van der Waals surface area (Å²) in [5.74, 6) is -0.441. The van der Waals surface area contributed by atoms with Gasteiger partial charge in [-0.3, -0.25) is 14.9 Å². The number of anilines is 1. The van der Waals surface area contributed by atoms with Crippen LogP contribution >= 0.6 is 11.3 Å². The number of thiazole rings is 1. The normalized spacial score (nSPS) is 13.8. The average Bonchev–Trinajstić information content (AvgIpc) is 3.16. The van der Waals surface area contributed by atoms with Crippen LogP contribution < -0.4 is 10.6 Å². The molecule has 0 atom stereocenters. The van der Waals surface area contributed by atoms with Gasteiger partial charge < -0.3 is 15.1 Å². The lowest BCUT2D eigenvalue weighted by Crippen LogP contribution is -2.51. The van der Waals surface area contributed by atoms with Crippen LogP contribution in [0, 0.1) is 5.82 Å². The zero-order valence-corrected chi connectivity index (χ0v) is 17.5. The van der Waals surface area contributed by atoms with Crippen molar-refractivity contribution in [3.63, 3.8) is 0 Å². The van der Waals surface area contributed by atoms with Gasteiger partial charge in [0, 0.05) is 45.0 Å². The van der Waals surface area contributed by atoms with E-state index in [-0.39, 0.29) is 30.1 Å². The summed E-state index contributed by atoms with van der Waals surface area (Å²) in [7, 11) is 0. The number of nitrogens with one attached hydrogen (secondary N) is 2. The lowest BCUT2D eigenvalue weighted by atomic mass is 10.1. The molecule has 1 aliphatic rings. The second-order valence-electron chi connectivity index (χ2n) is 6.97. The van der Waals surface area contributed by atoms with Gasteiger partial charge in [-0.15, -0.1) is 11.3 Å². The Bertz CT molecular complexity index is 894. The van der Waals surface area contributed by atoms with Crippen LogP contribution in [0.4, 0.5) is 14.3 Å². The molecule has 1 aromatic carbocycles. The van der Waals surface area contributed by atoms with Crippen molar-refractivity contribution >= 4 is 34.3 Å². The molecule has 10 heteroatoms. The number of amides is 4. The van der Waals surface area contributed by atoms with E-state index >= 15 is 0 Å². The molecule has 0 saturated carbocycles. The molecule has 0 radical (unpaired) electrons. The lowest BCUT2D eigenvalue weighted by molar-refractivity contribution is -0.130. The van der Waals surface area contributed by atoms with E-state index in [9.17, 15) is 18.8 Å². The van der Waals surface area contributed by atoms with Gasteiger partial charge >= 0.3 is 6.03 Å². The summed E-state index contributed by atoms with van der Waals surface area (Å²) in [6, 6.07) is 5.91. The molecule has 2 aromatic rings. The highest BCUT2D eigenvalue weighted by Crippen LogP contribution is 2.17. The first-order valence-electron chi connectivity index (χ1n) is 9.67. The van der Waals surface area contributed by atoms with E-state index in [4.69, 9.17) is 0 Å². The predicted molar refractivity (Wildman–Crippen MR) is 112 cm³/mol. The van der Waals surface area contributed by atoms with Gasteiger partial charge in [0.25, 0.3) is 0 Å². The van der Waals surface area contributed by atoms with Crippen LogP contribution in [0.1, 0.15) is 18.2 Å². The Hall–Kier alpha value is -3.01. The zero-order chi connectivity index (χ0) is 21.5. The molecule has 2 N–H and O–H groups in total. The average molecular weight is 434 g/mol. The predicted octanol–water partition coefficient (Wildman–Crippen LogP) is 1.88. The quantitative estimate of drug-likeness (QED) is 0.727. The molecule has 0 aliphatic carbocycles. The molecular formula is C20H24FN5O3S. The number of carbonyl (C=O) groups is 3. The van der Waals surface area contributed by atoms with Crippen LogP contribution in [0.25, 0.3) is 0 Å². The van der Waals surface area contributed by atoms with Crippen LogP contribution in [0.15, 0.2) is 29.6 Å². The maximum absolute atomic E-state index is 12.9. The van der Waals surface area contributed by atoms with E-state index in [1.165, 1.54) is 30.4 Å². The third kappa shape index (κ3) is 6.24. The topological polar surface area (TPSA) is 94.6 Å². The van der Waals surface area contributed by atoms with Crippen molar-refractivity contribution in [1.82, 2.24) is 20.1 Å². The van der Waals surface area contributed by atoms with Gasteiger partial charge in [0.2, 0.25) is 11.8 Å². The van der Waals surface area contributed by atoms with Crippen LogP contribution in [-0.2, 0) is 22.4 Å². The Labute approximate surface area is 178 Å². The summed E-state index contributed by atoms with van der Waals surface area (Å²) in [5.41, 5.74) is 1.52. The second kappa shape index (κ2) is 10.1. The van der Waals surface area contributed by atoms with Gasteiger partial charge in [-0.05, 0) is 24.1 Å². The minimum absolute atomic E-state index is 0.00978. The fourth-order valence-electron chi connectivity index (χ4n) is 3.06.